The van der Waals surface area contributed by atoms with Crippen molar-refractivity contribution < 1.29 is 18.3 Å². The fraction of sp³-hybridized carbons (Fsp3) is 0. The molecule has 2 N–H and O–H groups in total. The third kappa shape index (κ3) is 3.08. The van der Waals surface area contributed by atoms with Gasteiger partial charge in [0.1, 0.15) is 0 Å². The van der Waals surface area contributed by atoms with E-state index in [9.17, 15) is 13.2 Å². The summed E-state index contributed by atoms with van der Waals surface area (Å²) >= 11 is 0. The Balaban J connectivity index is 2.35. The van der Waals surface area contributed by atoms with Crippen molar-refractivity contribution in [2.45, 2.75) is 4.90 Å². The minimum absolute atomic E-state index is 0.0888. The van der Waals surface area contributed by atoms with Crippen molar-refractivity contribution in [3.05, 3.63) is 54.4 Å². The maximum absolute atomic E-state index is 12.0. The second-order valence-electron chi connectivity index (χ2n) is 3.68. The Morgan fingerprint density at radius 2 is 2.00 bits per heavy atom. The van der Waals surface area contributed by atoms with Gasteiger partial charge in [0.2, 0.25) is 0 Å². The summed E-state index contributed by atoms with van der Waals surface area (Å²) < 4.78 is 26.4. The fourth-order valence-electron chi connectivity index (χ4n) is 1.43. The summed E-state index contributed by atoms with van der Waals surface area (Å²) in [5, 5.41) is 8.84. The van der Waals surface area contributed by atoms with E-state index in [0.29, 0.717) is 5.69 Å². The highest BCUT2D eigenvalue weighted by Crippen LogP contribution is 2.16. The van der Waals surface area contributed by atoms with E-state index in [1.54, 1.807) is 12.1 Å². The lowest BCUT2D eigenvalue weighted by molar-refractivity contribution is 0.0696. The Morgan fingerprint density at radius 3 is 2.63 bits per heavy atom. The molecule has 1 heterocycles. The van der Waals surface area contributed by atoms with E-state index in [-0.39, 0.29) is 10.5 Å². The lowest BCUT2D eigenvalue weighted by Gasteiger charge is -2.07. The van der Waals surface area contributed by atoms with E-state index in [1.165, 1.54) is 30.6 Å². The third-order valence-corrected chi connectivity index (χ3v) is 3.68. The monoisotopic (exact) mass is 278 g/mol. The van der Waals surface area contributed by atoms with Gasteiger partial charge < -0.3 is 5.11 Å². The molecule has 0 saturated heterocycles. The van der Waals surface area contributed by atoms with Crippen LogP contribution in [0, 0.1) is 0 Å². The number of pyridine rings is 1. The van der Waals surface area contributed by atoms with Crippen LogP contribution in [0.1, 0.15) is 10.4 Å². The van der Waals surface area contributed by atoms with Crippen molar-refractivity contribution in [1.82, 2.24) is 4.98 Å². The van der Waals surface area contributed by atoms with E-state index in [0.717, 1.165) is 6.07 Å². The van der Waals surface area contributed by atoms with Gasteiger partial charge in [-0.2, -0.15) is 0 Å². The quantitative estimate of drug-likeness (QED) is 0.885. The van der Waals surface area contributed by atoms with Crippen LogP contribution in [-0.2, 0) is 10.0 Å². The molecule has 0 radical (unpaired) electrons. The minimum Gasteiger partial charge on any atom is -0.478 e. The van der Waals surface area contributed by atoms with Crippen LogP contribution in [0.15, 0.2) is 53.7 Å². The molecule has 6 nitrogen and oxygen atoms in total. The Kier molecular flexibility index (Phi) is 3.48. The Labute approximate surface area is 109 Å². The predicted molar refractivity (Wildman–Crippen MR) is 68.4 cm³/mol. The molecule has 98 valence electrons. The number of aromatic carboxylic acids is 1. The number of hydrogen-bond acceptors (Lipinski definition) is 4. The molecule has 0 aliphatic rings. The number of hydrogen-bond donors (Lipinski definition) is 2. The first-order chi connectivity index (χ1) is 8.99. The van der Waals surface area contributed by atoms with Crippen molar-refractivity contribution in [2.75, 3.05) is 4.72 Å². The molecule has 1 aromatic carbocycles. The normalized spacial score (nSPS) is 10.9. The minimum atomic E-state index is -3.82. The topological polar surface area (TPSA) is 96.4 Å². The lowest BCUT2D eigenvalue weighted by Crippen LogP contribution is -2.13. The number of nitrogens with one attached hydrogen (secondary N) is 1. The maximum Gasteiger partial charge on any atom is 0.335 e. The van der Waals surface area contributed by atoms with Crippen LogP contribution in [0.5, 0.6) is 0 Å². The molecular formula is C12H10N2O4S. The Bertz CT molecular complexity index is 699. The molecule has 0 aliphatic heterocycles. The molecule has 0 aliphatic carbocycles. The van der Waals surface area contributed by atoms with E-state index >= 15 is 0 Å². The SMILES string of the molecule is O=C(O)c1cccc(S(=O)(=O)Nc2cccnc2)c1. The van der Waals surface area contributed by atoms with Gasteiger partial charge in [-0.15, -0.1) is 0 Å². The number of sulfonamides is 1. The average molecular weight is 278 g/mol. The van der Waals surface area contributed by atoms with Crippen molar-refractivity contribution in [2.24, 2.45) is 0 Å². The molecule has 0 fully saturated rings. The summed E-state index contributed by atoms with van der Waals surface area (Å²) in [6.07, 6.45) is 2.88. The van der Waals surface area contributed by atoms with Gasteiger partial charge in [0.15, 0.2) is 0 Å². The number of aromatic nitrogens is 1. The maximum atomic E-state index is 12.0. The molecule has 0 saturated carbocycles. The number of benzene rings is 1. The van der Waals surface area contributed by atoms with Crippen LogP contribution in [0.2, 0.25) is 0 Å². The number of carboxylic acids is 1. The molecule has 19 heavy (non-hydrogen) atoms. The van der Waals surface area contributed by atoms with Crippen LogP contribution in [-0.4, -0.2) is 24.5 Å². The lowest BCUT2D eigenvalue weighted by atomic mass is 10.2. The molecular weight excluding hydrogens is 268 g/mol. The van der Waals surface area contributed by atoms with Gasteiger partial charge in [0.05, 0.1) is 22.3 Å². The zero-order valence-electron chi connectivity index (χ0n) is 9.65. The number of carboxylic acid groups (broad SMARTS) is 1. The summed E-state index contributed by atoms with van der Waals surface area (Å²) in [4.78, 5) is 14.5. The van der Waals surface area contributed by atoms with Gasteiger partial charge >= 0.3 is 5.97 Å². The molecule has 1 aromatic heterocycles. The van der Waals surface area contributed by atoms with Crippen LogP contribution >= 0.6 is 0 Å². The molecule has 2 rings (SSSR count). The standard InChI is InChI=1S/C12H10N2O4S/c15-12(16)9-3-1-5-11(7-9)19(17,18)14-10-4-2-6-13-8-10/h1-8,14H,(H,15,16). The molecule has 7 heteroatoms. The van der Waals surface area contributed by atoms with Gasteiger partial charge in [-0.1, -0.05) is 6.07 Å². The number of rotatable bonds is 4. The summed E-state index contributed by atoms with van der Waals surface area (Å²) in [6.45, 7) is 0. The second kappa shape index (κ2) is 5.07. The van der Waals surface area contributed by atoms with Crippen molar-refractivity contribution in [3.63, 3.8) is 0 Å². The van der Waals surface area contributed by atoms with Crippen LogP contribution in [0.3, 0.4) is 0 Å². The zero-order valence-corrected chi connectivity index (χ0v) is 10.5. The van der Waals surface area contributed by atoms with Crippen molar-refractivity contribution >= 4 is 21.7 Å². The van der Waals surface area contributed by atoms with Gasteiger partial charge in [-0.3, -0.25) is 9.71 Å². The first-order valence-electron chi connectivity index (χ1n) is 5.25. The highest BCUT2D eigenvalue weighted by Gasteiger charge is 2.16. The third-order valence-electron chi connectivity index (χ3n) is 2.31. The zero-order chi connectivity index (χ0) is 13.9. The second-order valence-corrected chi connectivity index (χ2v) is 5.36. The smallest absolute Gasteiger partial charge is 0.335 e. The average Bonchev–Trinajstić information content (AvgIpc) is 2.39. The summed E-state index contributed by atoms with van der Waals surface area (Å²) in [7, 11) is -3.82. The van der Waals surface area contributed by atoms with Crippen LogP contribution in [0.4, 0.5) is 5.69 Å². The van der Waals surface area contributed by atoms with E-state index in [2.05, 4.69) is 9.71 Å². The van der Waals surface area contributed by atoms with E-state index in [4.69, 9.17) is 5.11 Å². The molecule has 0 unspecified atom stereocenters. The fourth-order valence-corrected chi connectivity index (χ4v) is 2.52. The highest BCUT2D eigenvalue weighted by atomic mass is 32.2. The number of carbonyl (C=O) groups is 1. The molecule has 0 spiro atoms. The Morgan fingerprint density at radius 1 is 1.21 bits per heavy atom. The van der Waals surface area contributed by atoms with Gasteiger partial charge in [0.25, 0.3) is 10.0 Å². The predicted octanol–water partition coefficient (Wildman–Crippen LogP) is 1.58. The van der Waals surface area contributed by atoms with Gasteiger partial charge in [-0.25, -0.2) is 13.2 Å². The van der Waals surface area contributed by atoms with Crippen molar-refractivity contribution in [3.8, 4) is 0 Å². The van der Waals surface area contributed by atoms with Crippen LogP contribution < -0.4 is 4.72 Å². The Hall–Kier alpha value is -2.41. The molecule has 2 aromatic rings. The van der Waals surface area contributed by atoms with E-state index in [1.807, 2.05) is 0 Å². The first-order valence-corrected chi connectivity index (χ1v) is 6.73. The van der Waals surface area contributed by atoms with E-state index < -0.39 is 16.0 Å². The number of anilines is 1. The van der Waals surface area contributed by atoms with Gasteiger partial charge in [-0.05, 0) is 30.3 Å². The highest BCUT2D eigenvalue weighted by molar-refractivity contribution is 7.92. The summed E-state index contributed by atoms with van der Waals surface area (Å²) in [6, 6.07) is 8.26. The molecule has 0 amide bonds. The van der Waals surface area contributed by atoms with Gasteiger partial charge in [0, 0.05) is 6.20 Å². The number of nitrogens with zero attached hydrogens (tertiary/aromatic N) is 1. The summed E-state index contributed by atoms with van der Waals surface area (Å²) in [5.74, 6) is -1.18. The molecule has 0 atom stereocenters. The first kappa shape index (κ1) is 13.0. The molecule has 0 bridgehead atoms. The van der Waals surface area contributed by atoms with Crippen molar-refractivity contribution in [1.29, 1.82) is 0 Å². The largest absolute Gasteiger partial charge is 0.478 e. The van der Waals surface area contributed by atoms with Crippen LogP contribution in [0.25, 0.3) is 0 Å². The summed E-state index contributed by atoms with van der Waals surface area (Å²) in [5.41, 5.74) is 0.220.